The van der Waals surface area contributed by atoms with E-state index in [0.717, 1.165) is 18.4 Å². The van der Waals surface area contributed by atoms with Crippen molar-refractivity contribution in [2.45, 2.75) is 50.7 Å². The summed E-state index contributed by atoms with van der Waals surface area (Å²) in [4.78, 5) is 0. The number of phenolic OH excluding ortho intramolecular Hbond substituents is 1. The highest BCUT2D eigenvalue weighted by Crippen LogP contribution is 2.25. The molecular formula is C15H23NO2. The lowest BCUT2D eigenvalue weighted by Gasteiger charge is -2.27. The Balaban J connectivity index is 1.78. The second-order valence-electron chi connectivity index (χ2n) is 5.44. The van der Waals surface area contributed by atoms with Crippen molar-refractivity contribution in [2.24, 2.45) is 5.73 Å². The van der Waals surface area contributed by atoms with Crippen LogP contribution < -0.4 is 5.73 Å². The maximum absolute atomic E-state index is 9.20. The molecule has 18 heavy (non-hydrogen) atoms. The van der Waals surface area contributed by atoms with Crippen LogP contribution in [-0.4, -0.2) is 17.3 Å². The van der Waals surface area contributed by atoms with Gasteiger partial charge < -0.3 is 15.6 Å². The Labute approximate surface area is 109 Å². The summed E-state index contributed by atoms with van der Waals surface area (Å²) in [6.07, 6.45) is 7.19. The lowest BCUT2D eigenvalue weighted by Crippen LogP contribution is -2.43. The molecule has 0 amide bonds. The quantitative estimate of drug-likeness (QED) is 0.807. The maximum Gasteiger partial charge on any atom is 0.115 e. The van der Waals surface area contributed by atoms with Crippen molar-refractivity contribution in [3.05, 3.63) is 29.8 Å². The van der Waals surface area contributed by atoms with Crippen molar-refractivity contribution in [1.82, 2.24) is 0 Å². The van der Waals surface area contributed by atoms with Crippen LogP contribution in [0.15, 0.2) is 24.3 Å². The third-order valence-corrected chi connectivity index (χ3v) is 3.69. The van der Waals surface area contributed by atoms with E-state index in [-0.39, 0.29) is 11.3 Å². The maximum atomic E-state index is 9.20. The number of hydrogen-bond acceptors (Lipinski definition) is 3. The third kappa shape index (κ3) is 4.00. The highest BCUT2D eigenvalue weighted by atomic mass is 16.5. The highest BCUT2D eigenvalue weighted by Gasteiger charge is 2.26. The molecule has 0 spiro atoms. The van der Waals surface area contributed by atoms with E-state index < -0.39 is 0 Å². The van der Waals surface area contributed by atoms with E-state index in [1.54, 1.807) is 12.1 Å². The first-order valence-electron chi connectivity index (χ1n) is 6.83. The number of rotatable bonds is 4. The second-order valence-corrected chi connectivity index (χ2v) is 5.44. The van der Waals surface area contributed by atoms with Crippen molar-refractivity contribution in [3.8, 4) is 5.75 Å². The summed E-state index contributed by atoms with van der Waals surface area (Å²) in [5.74, 6) is 0.290. The average Bonchev–Trinajstić information content (AvgIpc) is 2.57. The Kier molecular flexibility index (Phi) is 4.61. The minimum Gasteiger partial charge on any atom is -0.508 e. The molecule has 3 N–H and O–H groups in total. The number of benzene rings is 1. The van der Waals surface area contributed by atoms with Gasteiger partial charge in [-0.1, -0.05) is 37.8 Å². The third-order valence-electron chi connectivity index (χ3n) is 3.69. The molecule has 0 atom stereocenters. The first-order chi connectivity index (χ1) is 8.68. The van der Waals surface area contributed by atoms with Gasteiger partial charge in [0.1, 0.15) is 5.75 Å². The van der Waals surface area contributed by atoms with Gasteiger partial charge in [0.05, 0.1) is 13.2 Å². The minimum absolute atomic E-state index is 0.132. The van der Waals surface area contributed by atoms with Crippen LogP contribution in [0.25, 0.3) is 0 Å². The SMILES string of the molecule is NC1(COCc2ccc(O)cc2)CCCCCC1. The Morgan fingerprint density at radius 3 is 2.28 bits per heavy atom. The molecule has 0 radical (unpaired) electrons. The van der Waals surface area contributed by atoms with Gasteiger partial charge >= 0.3 is 0 Å². The normalized spacial score (nSPS) is 19.4. The van der Waals surface area contributed by atoms with Crippen LogP contribution in [0.2, 0.25) is 0 Å². The summed E-state index contributed by atoms with van der Waals surface area (Å²) in [5.41, 5.74) is 7.32. The van der Waals surface area contributed by atoms with Crippen LogP contribution in [0.5, 0.6) is 5.75 Å². The summed E-state index contributed by atoms with van der Waals surface area (Å²) in [6, 6.07) is 7.13. The van der Waals surface area contributed by atoms with Gasteiger partial charge in [-0.2, -0.15) is 0 Å². The molecule has 100 valence electrons. The van der Waals surface area contributed by atoms with Crippen LogP contribution in [0, 0.1) is 0 Å². The van der Waals surface area contributed by atoms with Crippen molar-refractivity contribution in [2.75, 3.05) is 6.61 Å². The molecule has 0 bridgehead atoms. The summed E-state index contributed by atoms with van der Waals surface area (Å²) in [7, 11) is 0. The van der Waals surface area contributed by atoms with Crippen LogP contribution in [0.3, 0.4) is 0 Å². The van der Waals surface area contributed by atoms with Gasteiger partial charge in [-0.3, -0.25) is 0 Å². The molecule has 0 aromatic heterocycles. The van der Waals surface area contributed by atoms with Gasteiger partial charge in [0.25, 0.3) is 0 Å². The van der Waals surface area contributed by atoms with Gasteiger partial charge in [0.2, 0.25) is 0 Å². The molecule has 1 fully saturated rings. The molecule has 0 aliphatic heterocycles. The molecule has 1 saturated carbocycles. The lowest BCUT2D eigenvalue weighted by atomic mass is 9.93. The van der Waals surface area contributed by atoms with E-state index >= 15 is 0 Å². The Morgan fingerprint density at radius 1 is 1.06 bits per heavy atom. The Hall–Kier alpha value is -1.06. The van der Waals surface area contributed by atoms with E-state index in [0.29, 0.717) is 13.2 Å². The molecule has 1 aromatic carbocycles. The fourth-order valence-corrected chi connectivity index (χ4v) is 2.54. The zero-order chi connectivity index (χ0) is 12.8. The molecule has 0 unspecified atom stereocenters. The van der Waals surface area contributed by atoms with Crippen LogP contribution in [0.1, 0.15) is 44.1 Å². The van der Waals surface area contributed by atoms with Crippen molar-refractivity contribution >= 4 is 0 Å². The Bertz CT molecular complexity index is 353. The first kappa shape index (κ1) is 13.4. The standard InChI is InChI=1S/C15H23NO2/c16-15(9-3-1-2-4-10-15)12-18-11-13-5-7-14(17)8-6-13/h5-8,17H,1-4,9-12,16H2. The van der Waals surface area contributed by atoms with E-state index in [1.807, 2.05) is 12.1 Å². The summed E-state index contributed by atoms with van der Waals surface area (Å²) < 4.78 is 5.75. The van der Waals surface area contributed by atoms with Crippen molar-refractivity contribution in [3.63, 3.8) is 0 Å². The molecule has 1 aromatic rings. The summed E-state index contributed by atoms with van der Waals surface area (Å²) >= 11 is 0. The molecule has 1 aliphatic rings. The largest absolute Gasteiger partial charge is 0.508 e. The van der Waals surface area contributed by atoms with Crippen LogP contribution >= 0.6 is 0 Å². The van der Waals surface area contributed by atoms with Crippen molar-refractivity contribution < 1.29 is 9.84 Å². The molecular weight excluding hydrogens is 226 g/mol. The van der Waals surface area contributed by atoms with Crippen LogP contribution in [0.4, 0.5) is 0 Å². The molecule has 2 rings (SSSR count). The number of nitrogens with two attached hydrogens (primary N) is 1. The van der Waals surface area contributed by atoms with E-state index in [2.05, 4.69) is 0 Å². The molecule has 0 saturated heterocycles. The van der Waals surface area contributed by atoms with Gasteiger partial charge in [-0.05, 0) is 30.5 Å². The van der Waals surface area contributed by atoms with Gasteiger partial charge in [-0.15, -0.1) is 0 Å². The first-order valence-corrected chi connectivity index (χ1v) is 6.83. The smallest absolute Gasteiger partial charge is 0.115 e. The number of phenols is 1. The van der Waals surface area contributed by atoms with E-state index in [9.17, 15) is 5.11 Å². The van der Waals surface area contributed by atoms with E-state index in [4.69, 9.17) is 10.5 Å². The molecule has 0 heterocycles. The highest BCUT2D eigenvalue weighted by molar-refractivity contribution is 5.25. The molecule has 3 heteroatoms. The lowest BCUT2D eigenvalue weighted by molar-refractivity contribution is 0.0667. The fraction of sp³-hybridized carbons (Fsp3) is 0.600. The molecule has 1 aliphatic carbocycles. The zero-order valence-electron chi connectivity index (χ0n) is 10.9. The number of hydrogen-bond donors (Lipinski definition) is 2. The second kappa shape index (κ2) is 6.21. The average molecular weight is 249 g/mol. The minimum atomic E-state index is -0.132. The molecule has 3 nitrogen and oxygen atoms in total. The summed E-state index contributed by atoms with van der Waals surface area (Å²) in [5, 5.41) is 9.20. The van der Waals surface area contributed by atoms with Crippen LogP contribution in [-0.2, 0) is 11.3 Å². The van der Waals surface area contributed by atoms with Crippen molar-refractivity contribution in [1.29, 1.82) is 0 Å². The zero-order valence-corrected chi connectivity index (χ0v) is 10.9. The predicted octanol–water partition coefficient (Wildman–Crippen LogP) is 2.96. The monoisotopic (exact) mass is 249 g/mol. The number of aromatic hydroxyl groups is 1. The van der Waals surface area contributed by atoms with Gasteiger partial charge in [-0.25, -0.2) is 0 Å². The topological polar surface area (TPSA) is 55.5 Å². The van der Waals surface area contributed by atoms with Gasteiger partial charge in [0.15, 0.2) is 0 Å². The summed E-state index contributed by atoms with van der Waals surface area (Å²) in [6.45, 7) is 1.20. The predicted molar refractivity (Wildman–Crippen MR) is 72.4 cm³/mol. The fourth-order valence-electron chi connectivity index (χ4n) is 2.54. The Morgan fingerprint density at radius 2 is 1.67 bits per heavy atom. The van der Waals surface area contributed by atoms with Gasteiger partial charge in [0, 0.05) is 5.54 Å². The number of ether oxygens (including phenoxy) is 1. The van der Waals surface area contributed by atoms with E-state index in [1.165, 1.54) is 25.7 Å².